The Morgan fingerprint density at radius 2 is 1.57 bits per heavy atom. The van der Waals surface area contributed by atoms with E-state index < -0.39 is 64.4 Å². The summed E-state index contributed by atoms with van der Waals surface area (Å²) in [5.74, 6) is -2.73. The third kappa shape index (κ3) is 11.5. The largest absolute Gasteiger partial charge is 0.491 e. The molecule has 0 bridgehead atoms. The number of methoxy groups -OCH3 is 1. The maximum absolute atomic E-state index is 13.9. The van der Waals surface area contributed by atoms with E-state index >= 15 is 0 Å². The van der Waals surface area contributed by atoms with Gasteiger partial charge >= 0.3 is 0 Å². The van der Waals surface area contributed by atoms with Crippen LogP contribution in [0, 0.1) is 17.6 Å². The molecule has 14 heteroatoms. The number of aliphatic hydroxyl groups is 1. The third-order valence-corrected chi connectivity index (χ3v) is 9.39. The van der Waals surface area contributed by atoms with Crippen LogP contribution in [0.5, 0.6) is 5.75 Å². The molecular formula is C35H43F2N3O8S. The number of nitrogens with one attached hydrogen (secondary N) is 2. The summed E-state index contributed by atoms with van der Waals surface area (Å²) in [6.07, 6.45) is 1.36. The minimum absolute atomic E-state index is 0.00880. The molecule has 0 aliphatic heterocycles. The summed E-state index contributed by atoms with van der Waals surface area (Å²) in [4.78, 5) is 27.2. The highest BCUT2D eigenvalue weighted by Crippen LogP contribution is 2.29. The van der Waals surface area contributed by atoms with Gasteiger partial charge in [0.1, 0.15) is 24.0 Å². The number of rotatable bonds is 18. The molecule has 1 fully saturated rings. The highest BCUT2D eigenvalue weighted by Gasteiger charge is 2.28. The van der Waals surface area contributed by atoms with E-state index in [0.717, 1.165) is 41.1 Å². The number of carbonyl (C=O) groups is 2. The SMILES string of the molecule is CO[C@@H](COCC1CC1)C[C@H](O)[C@H](COc1cc(F)cc(F)c1)NC(=O)c1cc(C(=O)N[C@H](C)c2ccccc2)cc(N(C)S(C)(=O)=O)c1. The predicted octanol–water partition coefficient (Wildman–Crippen LogP) is 4.22. The minimum Gasteiger partial charge on any atom is -0.491 e. The number of carbonyl (C=O) groups excluding carboxylic acids is 2. The molecule has 49 heavy (non-hydrogen) atoms. The van der Waals surface area contributed by atoms with Crippen molar-refractivity contribution < 1.29 is 46.1 Å². The molecule has 0 unspecified atom stereocenters. The van der Waals surface area contributed by atoms with E-state index in [1.54, 1.807) is 6.92 Å². The van der Waals surface area contributed by atoms with E-state index in [9.17, 15) is 31.9 Å². The molecule has 3 aromatic carbocycles. The monoisotopic (exact) mass is 703 g/mol. The van der Waals surface area contributed by atoms with Crippen LogP contribution >= 0.6 is 0 Å². The van der Waals surface area contributed by atoms with E-state index in [1.807, 2.05) is 30.3 Å². The number of hydrogen-bond acceptors (Lipinski definition) is 8. The Balaban J connectivity index is 1.59. The lowest BCUT2D eigenvalue weighted by atomic mass is 10.0. The Hall–Kier alpha value is -4.11. The summed E-state index contributed by atoms with van der Waals surface area (Å²) in [6.45, 7) is 2.15. The van der Waals surface area contributed by atoms with E-state index in [1.165, 1.54) is 32.4 Å². The predicted molar refractivity (Wildman–Crippen MR) is 180 cm³/mol. The highest BCUT2D eigenvalue weighted by atomic mass is 32.2. The molecule has 4 atom stereocenters. The molecule has 0 saturated heterocycles. The molecule has 3 N–H and O–H groups in total. The van der Waals surface area contributed by atoms with Gasteiger partial charge in [0.05, 0.1) is 42.8 Å². The molecule has 11 nitrogen and oxygen atoms in total. The molecule has 4 rings (SSSR count). The van der Waals surface area contributed by atoms with Gasteiger partial charge in [-0.25, -0.2) is 17.2 Å². The second-order valence-electron chi connectivity index (χ2n) is 12.2. The van der Waals surface area contributed by atoms with Crippen molar-refractivity contribution in [2.75, 3.05) is 44.5 Å². The Bertz CT molecular complexity index is 1670. The first-order chi connectivity index (χ1) is 23.2. The molecule has 1 aliphatic rings. The molecule has 1 saturated carbocycles. The quantitative estimate of drug-likeness (QED) is 0.179. The fraction of sp³-hybridized carbons (Fsp3) is 0.429. The smallest absolute Gasteiger partial charge is 0.251 e. The normalized spacial score (nSPS) is 15.5. The summed E-state index contributed by atoms with van der Waals surface area (Å²) in [7, 11) is -1.04. The van der Waals surface area contributed by atoms with Crippen molar-refractivity contribution in [1.29, 1.82) is 0 Å². The van der Waals surface area contributed by atoms with Crippen molar-refractivity contribution in [2.24, 2.45) is 5.92 Å². The number of hydrogen-bond donors (Lipinski definition) is 3. The number of amides is 2. The van der Waals surface area contributed by atoms with E-state index in [4.69, 9.17) is 14.2 Å². The van der Waals surface area contributed by atoms with Crippen LogP contribution in [0.25, 0.3) is 0 Å². The van der Waals surface area contributed by atoms with Gasteiger partial charge in [-0.2, -0.15) is 0 Å². The van der Waals surface area contributed by atoms with Crippen LogP contribution in [0.2, 0.25) is 0 Å². The minimum atomic E-state index is -3.79. The number of anilines is 1. The molecule has 2 amide bonds. The van der Waals surface area contributed by atoms with Gasteiger partial charge < -0.3 is 30.0 Å². The van der Waals surface area contributed by atoms with Crippen molar-refractivity contribution in [1.82, 2.24) is 10.6 Å². The van der Waals surface area contributed by atoms with Crippen molar-refractivity contribution in [2.45, 2.75) is 50.5 Å². The van der Waals surface area contributed by atoms with Crippen molar-refractivity contribution >= 4 is 27.5 Å². The number of benzene rings is 3. The first kappa shape index (κ1) is 37.7. The Morgan fingerprint density at radius 3 is 2.14 bits per heavy atom. The first-order valence-electron chi connectivity index (χ1n) is 15.9. The Kier molecular flexibility index (Phi) is 13.1. The van der Waals surface area contributed by atoms with Crippen LogP contribution in [-0.2, 0) is 19.5 Å². The lowest BCUT2D eigenvalue weighted by Crippen LogP contribution is -2.48. The second kappa shape index (κ2) is 17.0. The molecule has 3 aromatic rings. The lowest BCUT2D eigenvalue weighted by Gasteiger charge is -2.27. The van der Waals surface area contributed by atoms with Gasteiger partial charge in [-0.05, 0) is 49.4 Å². The molecule has 0 radical (unpaired) electrons. The fourth-order valence-corrected chi connectivity index (χ4v) is 5.46. The molecular weight excluding hydrogens is 660 g/mol. The van der Waals surface area contributed by atoms with E-state index in [-0.39, 0.29) is 35.6 Å². The summed E-state index contributed by atoms with van der Waals surface area (Å²) in [5, 5.41) is 16.8. The first-order valence-corrected chi connectivity index (χ1v) is 17.7. The number of sulfonamides is 1. The Morgan fingerprint density at radius 1 is 0.959 bits per heavy atom. The fourth-order valence-electron chi connectivity index (χ4n) is 4.97. The summed E-state index contributed by atoms with van der Waals surface area (Å²) < 4.78 is 70.3. The van der Waals surface area contributed by atoms with Crippen molar-refractivity contribution in [3.63, 3.8) is 0 Å². The maximum Gasteiger partial charge on any atom is 0.251 e. The van der Waals surface area contributed by atoms with Crippen LogP contribution < -0.4 is 19.7 Å². The zero-order valence-electron chi connectivity index (χ0n) is 27.9. The van der Waals surface area contributed by atoms with Crippen LogP contribution in [0.3, 0.4) is 0 Å². The van der Waals surface area contributed by atoms with Gasteiger partial charge in [-0.3, -0.25) is 13.9 Å². The van der Waals surface area contributed by atoms with E-state index in [0.29, 0.717) is 18.6 Å². The second-order valence-corrected chi connectivity index (χ2v) is 14.3. The number of halogens is 2. The number of ether oxygens (including phenoxy) is 3. The summed E-state index contributed by atoms with van der Waals surface area (Å²) in [6, 6.07) is 14.2. The van der Waals surface area contributed by atoms with Crippen LogP contribution in [-0.4, -0.2) is 83.8 Å². The zero-order valence-corrected chi connectivity index (χ0v) is 28.7. The highest BCUT2D eigenvalue weighted by molar-refractivity contribution is 7.92. The van der Waals surface area contributed by atoms with Crippen LogP contribution in [0.4, 0.5) is 14.5 Å². The summed E-state index contributed by atoms with van der Waals surface area (Å²) in [5.41, 5.74) is 0.802. The lowest BCUT2D eigenvalue weighted by molar-refractivity contribution is -0.0289. The topological polar surface area (TPSA) is 144 Å². The average molecular weight is 704 g/mol. The maximum atomic E-state index is 13.9. The molecule has 0 aromatic heterocycles. The van der Waals surface area contributed by atoms with Gasteiger partial charge in [-0.1, -0.05) is 30.3 Å². The molecule has 1 aliphatic carbocycles. The van der Waals surface area contributed by atoms with Gasteiger partial charge in [0.15, 0.2) is 0 Å². The molecule has 0 spiro atoms. The van der Waals surface area contributed by atoms with Gasteiger partial charge in [0.2, 0.25) is 10.0 Å². The van der Waals surface area contributed by atoms with Gasteiger partial charge in [0.25, 0.3) is 11.8 Å². The number of aliphatic hydroxyl groups excluding tert-OH is 1. The average Bonchev–Trinajstić information content (AvgIpc) is 3.89. The molecule has 0 heterocycles. The summed E-state index contributed by atoms with van der Waals surface area (Å²) >= 11 is 0. The number of nitrogens with zero attached hydrogens (tertiary/aromatic N) is 1. The molecule has 266 valence electrons. The zero-order chi connectivity index (χ0) is 35.7. The van der Waals surface area contributed by atoms with Crippen molar-refractivity contribution in [3.8, 4) is 5.75 Å². The van der Waals surface area contributed by atoms with Crippen LogP contribution in [0.1, 0.15) is 58.5 Å². The van der Waals surface area contributed by atoms with E-state index in [2.05, 4.69) is 10.6 Å². The van der Waals surface area contributed by atoms with Crippen LogP contribution in [0.15, 0.2) is 66.7 Å². The van der Waals surface area contributed by atoms with Gasteiger partial charge in [0, 0.05) is 56.5 Å². The standard InChI is InChI=1S/C35H43F2N3O8S/c1-22(24-8-6-5-7-9-24)38-34(42)25-12-26(14-29(13-25)40(2)49(4,44)45)35(43)39-32(21-48-30-16-27(36)15-28(37)17-30)33(41)18-31(46-3)20-47-19-23-10-11-23/h5-9,12-17,22-23,31-33,41H,10-11,18-21H2,1-4H3,(H,38,42)(H,39,43)/t22-,31-,32+,33+/m1/s1. The third-order valence-electron chi connectivity index (χ3n) is 8.19. The van der Waals surface area contributed by atoms with Gasteiger partial charge in [-0.15, -0.1) is 0 Å². The van der Waals surface area contributed by atoms with Crippen molar-refractivity contribution in [3.05, 3.63) is 95.1 Å². The Labute approximate surface area is 285 Å².